The van der Waals surface area contributed by atoms with E-state index in [1.165, 1.54) is 24.3 Å². The molecule has 0 saturated carbocycles. The predicted octanol–water partition coefficient (Wildman–Crippen LogP) is 2.59. The van der Waals surface area contributed by atoms with Crippen LogP contribution in [-0.4, -0.2) is 11.1 Å². The van der Waals surface area contributed by atoms with E-state index < -0.39 is 23.8 Å². The van der Waals surface area contributed by atoms with Crippen LogP contribution in [0.15, 0.2) is 48.5 Å². The topological polar surface area (TPSA) is 60.4 Å². The van der Waals surface area contributed by atoms with E-state index >= 15 is 0 Å². The van der Waals surface area contributed by atoms with E-state index in [0.717, 1.165) is 11.1 Å². The highest BCUT2D eigenvalue weighted by molar-refractivity contribution is 5.69. The summed E-state index contributed by atoms with van der Waals surface area (Å²) in [5, 5.41) is 21.8. The van der Waals surface area contributed by atoms with E-state index in [2.05, 4.69) is 13.8 Å². The number of aliphatic hydroxyl groups is 1. The number of aliphatic carboxylic acids is 1. The fourth-order valence-corrected chi connectivity index (χ4v) is 2.55. The molecule has 0 aliphatic heterocycles. The van der Waals surface area contributed by atoms with Crippen LogP contribution in [0.25, 0.3) is 0 Å². The van der Waals surface area contributed by atoms with Gasteiger partial charge in [-0.15, -0.1) is 0 Å². The Balaban J connectivity index is 2.23. The minimum absolute atomic E-state index is 0.154. The van der Waals surface area contributed by atoms with Crippen LogP contribution < -0.4 is 5.11 Å². The first-order valence-electron chi connectivity index (χ1n) is 7.61. The highest BCUT2D eigenvalue weighted by Crippen LogP contribution is 2.26. The van der Waals surface area contributed by atoms with Gasteiger partial charge in [-0.3, -0.25) is 0 Å². The molecule has 3 nitrogen and oxygen atoms in total. The summed E-state index contributed by atoms with van der Waals surface area (Å²) >= 11 is 0. The van der Waals surface area contributed by atoms with Crippen molar-refractivity contribution in [1.29, 1.82) is 0 Å². The molecule has 4 heteroatoms. The lowest BCUT2D eigenvalue weighted by Crippen LogP contribution is -2.36. The smallest absolute Gasteiger partial charge is 0.123 e. The number of rotatable bonds is 6. The maximum atomic E-state index is 13.0. The normalized spacial score (nSPS) is 13.8. The number of carboxylic acids is 1. The molecule has 0 fully saturated rings. The Morgan fingerprint density at radius 3 is 2.35 bits per heavy atom. The zero-order valence-corrected chi connectivity index (χ0v) is 13.2. The largest absolute Gasteiger partial charge is 0.550 e. The molecule has 0 aliphatic rings. The molecule has 0 amide bonds. The second-order valence-electron chi connectivity index (χ2n) is 6.03. The van der Waals surface area contributed by atoms with Gasteiger partial charge in [0.25, 0.3) is 0 Å². The van der Waals surface area contributed by atoms with Crippen LogP contribution in [0.4, 0.5) is 4.39 Å². The molecule has 122 valence electrons. The van der Waals surface area contributed by atoms with Crippen LogP contribution in [0.1, 0.15) is 42.6 Å². The SMILES string of the molecule is CC(C)c1cccc(CC(C(=O)[O-])C(O)c2ccc(F)cc2)c1. The number of hydrogen-bond acceptors (Lipinski definition) is 3. The van der Waals surface area contributed by atoms with E-state index in [1.807, 2.05) is 24.3 Å². The number of carbonyl (C=O) groups excluding carboxylic acids is 1. The Bertz CT molecular complexity index is 665. The third-order valence-corrected chi connectivity index (χ3v) is 3.97. The third-order valence-electron chi connectivity index (χ3n) is 3.97. The highest BCUT2D eigenvalue weighted by Gasteiger charge is 2.23. The molecule has 2 aromatic carbocycles. The first kappa shape index (κ1) is 17.2. The Labute approximate surface area is 135 Å². The fraction of sp³-hybridized carbons (Fsp3) is 0.316. The second-order valence-corrected chi connectivity index (χ2v) is 6.03. The van der Waals surface area contributed by atoms with Gasteiger partial charge in [-0.25, -0.2) is 4.39 Å². The summed E-state index contributed by atoms with van der Waals surface area (Å²) in [5.41, 5.74) is 2.29. The summed E-state index contributed by atoms with van der Waals surface area (Å²) in [4.78, 5) is 11.5. The van der Waals surface area contributed by atoms with Crippen molar-refractivity contribution in [2.75, 3.05) is 0 Å². The number of benzene rings is 2. The summed E-state index contributed by atoms with van der Waals surface area (Å²) in [7, 11) is 0. The second kappa shape index (κ2) is 7.38. The van der Waals surface area contributed by atoms with Gasteiger partial charge in [0.1, 0.15) is 5.82 Å². The monoisotopic (exact) mass is 315 g/mol. The molecule has 2 unspecified atom stereocenters. The lowest BCUT2D eigenvalue weighted by molar-refractivity contribution is -0.314. The van der Waals surface area contributed by atoms with E-state index in [-0.39, 0.29) is 6.42 Å². The zero-order valence-electron chi connectivity index (χ0n) is 13.2. The summed E-state index contributed by atoms with van der Waals surface area (Å²) in [6.07, 6.45) is -1.09. The molecule has 0 saturated heterocycles. The van der Waals surface area contributed by atoms with Gasteiger partial charge >= 0.3 is 0 Å². The lowest BCUT2D eigenvalue weighted by atomic mass is 9.88. The number of aliphatic hydroxyl groups excluding tert-OH is 1. The average molecular weight is 315 g/mol. The molecule has 0 bridgehead atoms. The van der Waals surface area contributed by atoms with Gasteiger partial charge in [0.05, 0.1) is 6.10 Å². The number of carboxylic acid groups (broad SMARTS) is 1. The maximum Gasteiger partial charge on any atom is 0.123 e. The summed E-state index contributed by atoms with van der Waals surface area (Å²) in [6.45, 7) is 4.12. The molecule has 2 rings (SSSR count). The molecular weight excluding hydrogens is 295 g/mol. The van der Waals surface area contributed by atoms with Crippen molar-refractivity contribution in [2.45, 2.75) is 32.3 Å². The standard InChI is InChI=1S/C19H21FO3/c1-12(2)15-5-3-4-13(10-15)11-17(19(22)23)18(21)14-6-8-16(20)9-7-14/h3-10,12,17-18,21H,11H2,1-2H3,(H,22,23)/p-1. The van der Waals surface area contributed by atoms with Crippen LogP contribution in [0.2, 0.25) is 0 Å². The van der Waals surface area contributed by atoms with Crippen molar-refractivity contribution < 1.29 is 19.4 Å². The van der Waals surface area contributed by atoms with Crippen LogP contribution >= 0.6 is 0 Å². The fourth-order valence-electron chi connectivity index (χ4n) is 2.55. The molecule has 0 radical (unpaired) electrons. The molecule has 1 N–H and O–H groups in total. The van der Waals surface area contributed by atoms with Crippen LogP contribution in [0.3, 0.4) is 0 Å². The molecule has 2 atom stereocenters. The van der Waals surface area contributed by atoms with Crippen LogP contribution in [0, 0.1) is 11.7 Å². The Hall–Kier alpha value is -2.20. The van der Waals surface area contributed by atoms with Crippen molar-refractivity contribution in [2.24, 2.45) is 5.92 Å². The van der Waals surface area contributed by atoms with E-state index in [4.69, 9.17) is 0 Å². The first-order chi connectivity index (χ1) is 10.9. The van der Waals surface area contributed by atoms with Gasteiger partial charge in [-0.1, -0.05) is 50.2 Å². The first-order valence-corrected chi connectivity index (χ1v) is 7.61. The van der Waals surface area contributed by atoms with Crippen molar-refractivity contribution >= 4 is 5.97 Å². The molecule has 0 spiro atoms. The average Bonchev–Trinajstić information content (AvgIpc) is 2.52. The van der Waals surface area contributed by atoms with Crippen molar-refractivity contribution in [1.82, 2.24) is 0 Å². The van der Waals surface area contributed by atoms with Gasteiger partial charge in [0, 0.05) is 11.9 Å². The zero-order chi connectivity index (χ0) is 17.0. The van der Waals surface area contributed by atoms with Crippen molar-refractivity contribution in [3.63, 3.8) is 0 Å². The Kier molecular flexibility index (Phi) is 5.50. The number of carbonyl (C=O) groups is 1. The predicted molar refractivity (Wildman–Crippen MR) is 84.1 cm³/mol. The van der Waals surface area contributed by atoms with E-state index in [1.54, 1.807) is 0 Å². The maximum absolute atomic E-state index is 13.0. The summed E-state index contributed by atoms with van der Waals surface area (Å²) < 4.78 is 13.0. The highest BCUT2D eigenvalue weighted by atomic mass is 19.1. The molecular formula is C19H20FO3-. The minimum Gasteiger partial charge on any atom is -0.550 e. The Morgan fingerprint density at radius 2 is 1.78 bits per heavy atom. The molecule has 0 aliphatic carbocycles. The molecule has 23 heavy (non-hydrogen) atoms. The Morgan fingerprint density at radius 1 is 1.13 bits per heavy atom. The summed E-state index contributed by atoms with van der Waals surface area (Å²) in [6, 6.07) is 12.8. The van der Waals surface area contributed by atoms with Gasteiger partial charge < -0.3 is 15.0 Å². The quantitative estimate of drug-likeness (QED) is 0.891. The molecule has 2 aromatic rings. The molecule has 0 aromatic heterocycles. The van der Waals surface area contributed by atoms with Gasteiger partial charge in [0.15, 0.2) is 0 Å². The van der Waals surface area contributed by atoms with Crippen LogP contribution in [-0.2, 0) is 11.2 Å². The van der Waals surface area contributed by atoms with E-state index in [9.17, 15) is 19.4 Å². The molecule has 0 heterocycles. The number of halogens is 1. The van der Waals surface area contributed by atoms with Gasteiger partial charge in [0.2, 0.25) is 0 Å². The van der Waals surface area contributed by atoms with Crippen molar-refractivity contribution in [3.05, 3.63) is 71.0 Å². The lowest BCUT2D eigenvalue weighted by Gasteiger charge is -2.24. The summed E-state index contributed by atoms with van der Waals surface area (Å²) in [5.74, 6) is -2.52. The van der Waals surface area contributed by atoms with Gasteiger partial charge in [-0.05, 0) is 41.2 Å². The van der Waals surface area contributed by atoms with Crippen LogP contribution in [0.5, 0.6) is 0 Å². The van der Waals surface area contributed by atoms with Crippen molar-refractivity contribution in [3.8, 4) is 0 Å². The van der Waals surface area contributed by atoms with Gasteiger partial charge in [-0.2, -0.15) is 0 Å². The number of hydrogen-bond donors (Lipinski definition) is 1. The minimum atomic E-state index is -1.32. The third kappa shape index (κ3) is 4.39. The van der Waals surface area contributed by atoms with E-state index in [0.29, 0.717) is 11.5 Å².